The zero-order valence-electron chi connectivity index (χ0n) is 18.7. The minimum absolute atomic E-state index is 0.222. The van der Waals surface area contributed by atoms with Crippen LogP contribution in [0.3, 0.4) is 0 Å². The minimum atomic E-state index is -0.222. The molecule has 1 aliphatic rings. The van der Waals surface area contributed by atoms with Crippen molar-refractivity contribution in [1.29, 1.82) is 0 Å². The van der Waals surface area contributed by atoms with Crippen molar-refractivity contribution in [2.45, 2.75) is 33.4 Å². The van der Waals surface area contributed by atoms with Crippen LogP contribution < -0.4 is 10.5 Å². The molecule has 0 amide bonds. The normalized spacial score (nSPS) is 13.4. The molecule has 0 saturated heterocycles. The number of aryl methyl sites for hydroxylation is 2. The number of hydrogen-bond acceptors (Lipinski definition) is 7. The van der Waals surface area contributed by atoms with Gasteiger partial charge in [0.1, 0.15) is 5.15 Å². The second-order valence-corrected chi connectivity index (χ2v) is 8.65. The highest BCUT2D eigenvalue weighted by atomic mass is 35.5. The van der Waals surface area contributed by atoms with Crippen LogP contribution in [0.4, 0.5) is 5.82 Å². The van der Waals surface area contributed by atoms with E-state index in [1.807, 2.05) is 32.2 Å². The zero-order valence-corrected chi connectivity index (χ0v) is 19.4. The molecule has 0 radical (unpaired) electrons. The number of ether oxygens (including phenoxy) is 1. The molecule has 168 valence electrons. The van der Waals surface area contributed by atoms with Crippen LogP contribution in [0.1, 0.15) is 28.1 Å². The summed E-state index contributed by atoms with van der Waals surface area (Å²) in [6.45, 7) is 5.71. The Labute approximate surface area is 195 Å². The van der Waals surface area contributed by atoms with Crippen LogP contribution in [0.5, 0.6) is 0 Å². The summed E-state index contributed by atoms with van der Waals surface area (Å²) in [5.74, 6) is 0.770. The van der Waals surface area contributed by atoms with Gasteiger partial charge in [0.2, 0.25) is 0 Å². The lowest BCUT2D eigenvalue weighted by Crippen LogP contribution is -2.33. The van der Waals surface area contributed by atoms with Crippen molar-refractivity contribution in [2.24, 2.45) is 0 Å². The predicted octanol–water partition coefficient (Wildman–Crippen LogP) is 3.53. The largest absolute Gasteiger partial charge is 0.378 e. The maximum absolute atomic E-state index is 12.6. The smallest absolute Gasteiger partial charge is 0.274 e. The Balaban J connectivity index is 1.50. The van der Waals surface area contributed by atoms with Crippen LogP contribution >= 0.6 is 11.6 Å². The molecule has 0 aromatic carbocycles. The second-order valence-electron chi connectivity index (χ2n) is 8.26. The van der Waals surface area contributed by atoms with E-state index in [1.165, 1.54) is 10.6 Å². The lowest BCUT2D eigenvalue weighted by Gasteiger charge is -2.30. The van der Waals surface area contributed by atoms with Crippen molar-refractivity contribution < 1.29 is 4.74 Å². The maximum atomic E-state index is 12.6. The molecule has 1 aliphatic heterocycles. The number of nitrogens with zero attached hydrogens (tertiary/aromatic N) is 6. The van der Waals surface area contributed by atoms with Gasteiger partial charge in [0, 0.05) is 61.9 Å². The van der Waals surface area contributed by atoms with Crippen molar-refractivity contribution >= 4 is 23.1 Å². The molecule has 0 atom stereocenters. The number of anilines is 1. The Morgan fingerprint density at radius 1 is 1.09 bits per heavy atom. The average molecular weight is 463 g/mol. The second kappa shape index (κ2) is 8.53. The number of fused-ring (bicyclic) bond motifs is 2. The standard InChI is InChI=1S/C24H23ClN6O2/c1-14-6-21(25)27-11-19(14)16-8-17-12-30(5-4-20(17)26-10-16)24-15(2)7-22-28-18(13-33-3)9-23(32)31(22)29-24/h6-11H,4-5,12-13H2,1-3H3. The number of methoxy groups -OCH3 is 1. The highest BCUT2D eigenvalue weighted by molar-refractivity contribution is 6.29. The van der Waals surface area contributed by atoms with E-state index in [9.17, 15) is 4.79 Å². The number of rotatable bonds is 4. The summed E-state index contributed by atoms with van der Waals surface area (Å²) < 4.78 is 6.47. The summed E-state index contributed by atoms with van der Waals surface area (Å²) in [6, 6.07) is 7.38. The average Bonchev–Trinajstić information content (AvgIpc) is 2.78. The predicted molar refractivity (Wildman–Crippen MR) is 127 cm³/mol. The molecule has 0 unspecified atom stereocenters. The number of halogens is 1. The first kappa shape index (κ1) is 21.5. The lowest BCUT2D eigenvalue weighted by molar-refractivity contribution is 0.181. The van der Waals surface area contributed by atoms with E-state index < -0.39 is 0 Å². The molecule has 0 bridgehead atoms. The van der Waals surface area contributed by atoms with Crippen molar-refractivity contribution in [3.63, 3.8) is 0 Å². The van der Waals surface area contributed by atoms with Crippen molar-refractivity contribution in [3.8, 4) is 11.1 Å². The summed E-state index contributed by atoms with van der Waals surface area (Å²) in [4.78, 5) is 28.3. The summed E-state index contributed by atoms with van der Waals surface area (Å²) in [7, 11) is 1.58. The third-order valence-corrected chi connectivity index (χ3v) is 6.09. The highest BCUT2D eigenvalue weighted by Crippen LogP contribution is 2.29. The van der Waals surface area contributed by atoms with E-state index in [0.717, 1.165) is 52.3 Å². The summed E-state index contributed by atoms with van der Waals surface area (Å²) in [6.07, 6.45) is 4.48. The van der Waals surface area contributed by atoms with E-state index in [2.05, 4.69) is 26.0 Å². The zero-order chi connectivity index (χ0) is 23.1. The van der Waals surface area contributed by atoms with E-state index in [0.29, 0.717) is 23.0 Å². The van der Waals surface area contributed by atoms with Gasteiger partial charge in [-0.1, -0.05) is 11.6 Å². The molecule has 5 rings (SSSR count). The molecule has 0 spiro atoms. The Bertz CT molecular complexity index is 1430. The van der Waals surface area contributed by atoms with Crippen molar-refractivity contribution in [3.05, 3.63) is 80.2 Å². The highest BCUT2D eigenvalue weighted by Gasteiger charge is 2.22. The molecule has 8 nitrogen and oxygen atoms in total. The van der Waals surface area contributed by atoms with Gasteiger partial charge in [-0.25, -0.2) is 9.97 Å². The van der Waals surface area contributed by atoms with Crippen molar-refractivity contribution in [1.82, 2.24) is 24.6 Å². The molecule has 0 fully saturated rings. The molecule has 0 aliphatic carbocycles. The molecule has 33 heavy (non-hydrogen) atoms. The van der Waals surface area contributed by atoms with E-state index in [4.69, 9.17) is 21.3 Å². The summed E-state index contributed by atoms with van der Waals surface area (Å²) in [5.41, 5.74) is 7.13. The van der Waals surface area contributed by atoms with Gasteiger partial charge in [0.25, 0.3) is 5.56 Å². The quantitative estimate of drug-likeness (QED) is 0.429. The third kappa shape index (κ3) is 4.07. The van der Waals surface area contributed by atoms with Crippen LogP contribution in [0.25, 0.3) is 16.8 Å². The summed E-state index contributed by atoms with van der Waals surface area (Å²) >= 11 is 6.02. The van der Waals surface area contributed by atoms with Gasteiger partial charge in [0.15, 0.2) is 11.5 Å². The van der Waals surface area contributed by atoms with Gasteiger partial charge < -0.3 is 9.64 Å². The SMILES string of the molecule is COCc1cc(=O)n2nc(N3CCc4ncc(-c5cnc(Cl)cc5C)cc4C3)c(C)cc2n1. The van der Waals surface area contributed by atoms with Gasteiger partial charge in [-0.05, 0) is 48.7 Å². The molecule has 9 heteroatoms. The minimum Gasteiger partial charge on any atom is -0.378 e. The number of aromatic nitrogens is 5. The fraction of sp³-hybridized carbons (Fsp3) is 0.292. The van der Waals surface area contributed by atoms with Crippen LogP contribution in [-0.2, 0) is 24.3 Å². The molecule has 0 saturated carbocycles. The topological polar surface area (TPSA) is 85.5 Å². The first-order valence-electron chi connectivity index (χ1n) is 10.7. The van der Waals surface area contributed by atoms with Gasteiger partial charge in [-0.15, -0.1) is 5.10 Å². The van der Waals surface area contributed by atoms with E-state index in [-0.39, 0.29) is 12.2 Å². The monoisotopic (exact) mass is 462 g/mol. The molecule has 0 N–H and O–H groups in total. The first-order chi connectivity index (χ1) is 15.9. The fourth-order valence-corrected chi connectivity index (χ4v) is 4.49. The number of hydrogen-bond donors (Lipinski definition) is 0. The van der Waals surface area contributed by atoms with Gasteiger partial charge >= 0.3 is 0 Å². The van der Waals surface area contributed by atoms with Gasteiger partial charge in [-0.3, -0.25) is 9.78 Å². The lowest BCUT2D eigenvalue weighted by atomic mass is 9.99. The molecular formula is C24H23ClN6O2. The Hall–Kier alpha value is -3.36. The van der Waals surface area contributed by atoms with Crippen LogP contribution in [0.2, 0.25) is 5.15 Å². The van der Waals surface area contributed by atoms with Crippen LogP contribution in [0.15, 0.2) is 41.5 Å². The molecule has 5 heterocycles. The van der Waals surface area contributed by atoms with Crippen LogP contribution in [0, 0.1) is 13.8 Å². The first-order valence-corrected chi connectivity index (χ1v) is 11.1. The van der Waals surface area contributed by atoms with E-state index in [1.54, 1.807) is 13.3 Å². The number of pyridine rings is 2. The third-order valence-electron chi connectivity index (χ3n) is 5.89. The summed E-state index contributed by atoms with van der Waals surface area (Å²) in [5, 5.41) is 5.14. The molecule has 4 aromatic heterocycles. The van der Waals surface area contributed by atoms with E-state index >= 15 is 0 Å². The maximum Gasteiger partial charge on any atom is 0.274 e. The molecular weight excluding hydrogens is 440 g/mol. The van der Waals surface area contributed by atoms with Crippen molar-refractivity contribution in [2.75, 3.05) is 18.6 Å². The van der Waals surface area contributed by atoms with Crippen LogP contribution in [-0.4, -0.2) is 38.2 Å². The molecule has 4 aromatic rings. The van der Waals surface area contributed by atoms with Gasteiger partial charge in [-0.2, -0.15) is 4.52 Å². The fourth-order valence-electron chi connectivity index (χ4n) is 4.28. The Kier molecular flexibility index (Phi) is 5.55. The Morgan fingerprint density at radius 2 is 1.94 bits per heavy atom. The van der Waals surface area contributed by atoms with Gasteiger partial charge in [0.05, 0.1) is 12.3 Å². The Morgan fingerprint density at radius 3 is 2.73 bits per heavy atom.